The van der Waals surface area contributed by atoms with Crippen LogP contribution >= 0.6 is 0 Å². The Morgan fingerprint density at radius 2 is 1.67 bits per heavy atom. The number of hydrogen-bond acceptors (Lipinski definition) is 3. The lowest BCUT2D eigenvalue weighted by Gasteiger charge is -2.15. The summed E-state index contributed by atoms with van der Waals surface area (Å²) in [6.07, 6.45) is 0.0189. The van der Waals surface area contributed by atoms with Crippen LogP contribution in [0.25, 0.3) is 0 Å². The van der Waals surface area contributed by atoms with Gasteiger partial charge < -0.3 is 14.6 Å². The van der Waals surface area contributed by atoms with E-state index >= 15 is 0 Å². The van der Waals surface area contributed by atoms with E-state index in [4.69, 9.17) is 9.47 Å². The molecule has 4 heteroatoms. The third-order valence-corrected chi connectivity index (χ3v) is 3.59. The molecule has 3 rings (SSSR count). The highest BCUT2D eigenvalue weighted by atomic mass is 19.1. The van der Waals surface area contributed by atoms with Gasteiger partial charge in [0, 0.05) is 6.42 Å². The summed E-state index contributed by atoms with van der Waals surface area (Å²) in [6, 6.07) is 10.0. The van der Waals surface area contributed by atoms with Crippen LogP contribution in [0.15, 0.2) is 36.4 Å². The molecular formula is C17H17FO3. The first-order valence-electron chi connectivity index (χ1n) is 6.99. The molecule has 1 unspecified atom stereocenters. The van der Waals surface area contributed by atoms with E-state index < -0.39 is 6.10 Å². The van der Waals surface area contributed by atoms with E-state index in [0.717, 1.165) is 6.42 Å². The third-order valence-electron chi connectivity index (χ3n) is 3.59. The Hall–Kier alpha value is -2.07. The Kier molecular flexibility index (Phi) is 3.80. The molecule has 0 bridgehead atoms. The largest absolute Gasteiger partial charge is 0.490 e. The molecule has 0 saturated heterocycles. The highest BCUT2D eigenvalue weighted by Crippen LogP contribution is 2.34. The fraction of sp³-hybridized carbons (Fsp3) is 0.294. The summed E-state index contributed by atoms with van der Waals surface area (Å²) in [5.74, 6) is 1.06. The number of halogens is 1. The molecule has 0 radical (unpaired) electrons. The van der Waals surface area contributed by atoms with E-state index in [1.807, 2.05) is 0 Å². The summed E-state index contributed by atoms with van der Waals surface area (Å²) < 4.78 is 24.5. The smallest absolute Gasteiger partial charge is 0.161 e. The summed E-state index contributed by atoms with van der Waals surface area (Å²) in [5, 5.41) is 10.5. The van der Waals surface area contributed by atoms with Gasteiger partial charge >= 0.3 is 0 Å². The van der Waals surface area contributed by atoms with E-state index in [0.29, 0.717) is 41.4 Å². The van der Waals surface area contributed by atoms with Crippen molar-refractivity contribution < 1.29 is 19.0 Å². The van der Waals surface area contributed by atoms with E-state index in [9.17, 15) is 9.50 Å². The number of rotatable bonds is 2. The number of aryl methyl sites for hydroxylation is 1. The average Bonchev–Trinajstić information content (AvgIpc) is 2.73. The zero-order chi connectivity index (χ0) is 14.8. The normalized spacial score (nSPS) is 15.4. The van der Waals surface area contributed by atoms with Crippen molar-refractivity contribution in [3.63, 3.8) is 0 Å². The Morgan fingerprint density at radius 3 is 2.43 bits per heavy atom. The predicted octanol–water partition coefficient (Wildman–Crippen LogP) is 3.38. The van der Waals surface area contributed by atoms with Crippen molar-refractivity contribution in [3.8, 4) is 11.5 Å². The number of aliphatic hydroxyl groups is 1. The van der Waals surface area contributed by atoms with Gasteiger partial charge in [-0.2, -0.15) is 0 Å². The van der Waals surface area contributed by atoms with Gasteiger partial charge in [-0.1, -0.05) is 18.2 Å². The molecule has 0 fully saturated rings. The Bertz CT molecular complexity index is 654. The molecule has 21 heavy (non-hydrogen) atoms. The minimum Gasteiger partial charge on any atom is -0.490 e. The number of hydrogen-bond donors (Lipinski definition) is 1. The van der Waals surface area contributed by atoms with E-state index in [1.54, 1.807) is 37.3 Å². The second-order valence-corrected chi connectivity index (χ2v) is 5.17. The minimum atomic E-state index is -0.818. The molecule has 0 amide bonds. The molecule has 0 spiro atoms. The highest BCUT2D eigenvalue weighted by molar-refractivity contribution is 5.46. The van der Waals surface area contributed by atoms with Crippen molar-refractivity contribution >= 4 is 0 Å². The van der Waals surface area contributed by atoms with E-state index in [1.165, 1.54) is 6.07 Å². The van der Waals surface area contributed by atoms with Crippen LogP contribution < -0.4 is 9.47 Å². The van der Waals surface area contributed by atoms with Gasteiger partial charge in [-0.05, 0) is 41.8 Å². The van der Waals surface area contributed by atoms with Crippen LogP contribution in [0.5, 0.6) is 11.5 Å². The molecule has 0 aromatic heterocycles. The first kappa shape index (κ1) is 13.9. The summed E-state index contributed by atoms with van der Waals surface area (Å²) >= 11 is 0. The monoisotopic (exact) mass is 288 g/mol. The van der Waals surface area contributed by atoms with Crippen LogP contribution in [0.1, 0.15) is 29.2 Å². The number of ether oxygens (including phenoxy) is 2. The van der Waals surface area contributed by atoms with Gasteiger partial charge in [0.05, 0.1) is 13.2 Å². The molecule has 1 heterocycles. The van der Waals surface area contributed by atoms with Gasteiger partial charge in [0.15, 0.2) is 11.5 Å². The fourth-order valence-electron chi connectivity index (χ4n) is 2.38. The van der Waals surface area contributed by atoms with Gasteiger partial charge in [0.25, 0.3) is 0 Å². The van der Waals surface area contributed by atoms with Gasteiger partial charge in [-0.15, -0.1) is 0 Å². The van der Waals surface area contributed by atoms with Gasteiger partial charge in [0.1, 0.15) is 11.9 Å². The maximum absolute atomic E-state index is 13.3. The quantitative estimate of drug-likeness (QED) is 0.920. The predicted molar refractivity (Wildman–Crippen MR) is 77.2 cm³/mol. The standard InChI is InChI=1S/C17H17FO3/c1-11-9-12(3-5-14(11)18)17(19)13-4-6-15-16(10-13)21-8-2-7-20-15/h3-6,9-10,17,19H,2,7-8H2,1H3. The van der Waals surface area contributed by atoms with Crippen LogP contribution in [-0.2, 0) is 0 Å². The summed E-state index contributed by atoms with van der Waals surface area (Å²) in [4.78, 5) is 0. The maximum Gasteiger partial charge on any atom is 0.161 e. The molecule has 1 atom stereocenters. The highest BCUT2D eigenvalue weighted by Gasteiger charge is 2.16. The average molecular weight is 288 g/mol. The van der Waals surface area contributed by atoms with Crippen molar-refractivity contribution in [1.29, 1.82) is 0 Å². The maximum atomic E-state index is 13.3. The molecule has 110 valence electrons. The summed E-state index contributed by atoms with van der Waals surface area (Å²) in [7, 11) is 0. The van der Waals surface area contributed by atoms with Gasteiger partial charge in [-0.25, -0.2) is 4.39 Å². The SMILES string of the molecule is Cc1cc(C(O)c2ccc3c(c2)OCCCO3)ccc1F. The lowest BCUT2D eigenvalue weighted by molar-refractivity contribution is 0.219. The van der Waals surface area contributed by atoms with Crippen molar-refractivity contribution in [1.82, 2.24) is 0 Å². The van der Waals surface area contributed by atoms with Crippen molar-refractivity contribution in [2.24, 2.45) is 0 Å². The van der Waals surface area contributed by atoms with E-state index in [-0.39, 0.29) is 5.82 Å². The zero-order valence-electron chi connectivity index (χ0n) is 11.8. The summed E-state index contributed by atoms with van der Waals surface area (Å²) in [5.41, 5.74) is 1.87. The van der Waals surface area contributed by atoms with Crippen LogP contribution in [0, 0.1) is 12.7 Å². The lowest BCUT2D eigenvalue weighted by atomic mass is 9.99. The van der Waals surface area contributed by atoms with Crippen LogP contribution in [0.3, 0.4) is 0 Å². The molecule has 3 nitrogen and oxygen atoms in total. The molecule has 2 aromatic rings. The Balaban J connectivity index is 1.92. The van der Waals surface area contributed by atoms with Crippen molar-refractivity contribution in [2.45, 2.75) is 19.4 Å². The van der Waals surface area contributed by atoms with Gasteiger partial charge in [-0.3, -0.25) is 0 Å². The first-order valence-corrected chi connectivity index (χ1v) is 6.99. The van der Waals surface area contributed by atoms with E-state index in [2.05, 4.69) is 0 Å². The minimum absolute atomic E-state index is 0.274. The molecule has 0 aliphatic carbocycles. The first-order chi connectivity index (χ1) is 10.1. The Labute approximate surface area is 122 Å². The fourth-order valence-corrected chi connectivity index (χ4v) is 2.38. The van der Waals surface area contributed by atoms with Gasteiger partial charge in [0.2, 0.25) is 0 Å². The molecule has 1 aliphatic rings. The molecule has 0 saturated carbocycles. The molecule has 2 aromatic carbocycles. The van der Waals surface area contributed by atoms with Crippen molar-refractivity contribution in [3.05, 3.63) is 58.9 Å². The van der Waals surface area contributed by atoms with Crippen LogP contribution in [0.4, 0.5) is 4.39 Å². The van der Waals surface area contributed by atoms with Crippen LogP contribution in [0.2, 0.25) is 0 Å². The summed E-state index contributed by atoms with van der Waals surface area (Å²) in [6.45, 7) is 2.91. The molecule has 1 aliphatic heterocycles. The number of aliphatic hydroxyl groups excluding tert-OH is 1. The molecular weight excluding hydrogens is 271 g/mol. The second-order valence-electron chi connectivity index (χ2n) is 5.17. The topological polar surface area (TPSA) is 38.7 Å². The second kappa shape index (κ2) is 5.74. The molecule has 1 N–H and O–H groups in total. The Morgan fingerprint density at radius 1 is 1.00 bits per heavy atom. The van der Waals surface area contributed by atoms with Crippen molar-refractivity contribution in [2.75, 3.05) is 13.2 Å². The van der Waals surface area contributed by atoms with Crippen LogP contribution in [-0.4, -0.2) is 18.3 Å². The number of fused-ring (bicyclic) bond motifs is 1. The number of benzene rings is 2. The lowest BCUT2D eigenvalue weighted by Crippen LogP contribution is -2.02. The zero-order valence-corrected chi connectivity index (χ0v) is 11.8. The third kappa shape index (κ3) is 2.85.